The van der Waals surface area contributed by atoms with Gasteiger partial charge in [0.25, 0.3) is 0 Å². The SMILES string of the molecule is COc1c(/C=C/c2ccccc2)c(C)c(C#N)c2oc3ncccc3c12. The van der Waals surface area contributed by atoms with E-state index in [9.17, 15) is 5.26 Å². The lowest BCUT2D eigenvalue weighted by Crippen LogP contribution is -1.95. The van der Waals surface area contributed by atoms with Crippen molar-refractivity contribution in [2.45, 2.75) is 6.92 Å². The zero-order valence-electron chi connectivity index (χ0n) is 14.5. The molecule has 0 spiro atoms. The molecule has 0 N–H and O–H groups in total. The van der Waals surface area contributed by atoms with Crippen molar-refractivity contribution in [3.05, 3.63) is 70.9 Å². The second-order valence-corrected chi connectivity index (χ2v) is 5.97. The predicted molar refractivity (Wildman–Crippen MR) is 103 cm³/mol. The molecule has 4 nitrogen and oxygen atoms in total. The number of pyridine rings is 1. The Hall–Kier alpha value is -3.58. The van der Waals surface area contributed by atoms with Crippen molar-refractivity contribution in [3.63, 3.8) is 0 Å². The fourth-order valence-electron chi connectivity index (χ4n) is 3.23. The van der Waals surface area contributed by atoms with Crippen LogP contribution in [0.1, 0.15) is 22.3 Å². The molecule has 2 heterocycles. The number of methoxy groups -OCH3 is 1. The molecule has 0 saturated carbocycles. The number of nitriles is 1. The molecule has 0 unspecified atom stereocenters. The van der Waals surface area contributed by atoms with E-state index in [4.69, 9.17) is 9.15 Å². The summed E-state index contributed by atoms with van der Waals surface area (Å²) in [4.78, 5) is 4.27. The third kappa shape index (κ3) is 2.42. The van der Waals surface area contributed by atoms with E-state index in [1.54, 1.807) is 13.3 Å². The van der Waals surface area contributed by atoms with Gasteiger partial charge in [0.2, 0.25) is 5.71 Å². The Kier molecular flexibility index (Phi) is 3.91. The highest BCUT2D eigenvalue weighted by molar-refractivity contribution is 6.11. The summed E-state index contributed by atoms with van der Waals surface area (Å²) in [5.74, 6) is 0.690. The van der Waals surface area contributed by atoms with Gasteiger partial charge in [-0.25, -0.2) is 4.98 Å². The molecular weight excluding hydrogens is 324 g/mol. The minimum absolute atomic E-state index is 0.501. The Bertz CT molecular complexity index is 1180. The fourth-order valence-corrected chi connectivity index (χ4v) is 3.23. The predicted octanol–water partition coefficient (Wildman–Crippen LogP) is 5.34. The number of ether oxygens (including phenoxy) is 1. The lowest BCUT2D eigenvalue weighted by atomic mass is 9.96. The second kappa shape index (κ2) is 6.38. The van der Waals surface area contributed by atoms with Gasteiger partial charge in [-0.05, 0) is 30.2 Å². The average molecular weight is 340 g/mol. The largest absolute Gasteiger partial charge is 0.495 e. The minimum atomic E-state index is 0.501. The van der Waals surface area contributed by atoms with E-state index >= 15 is 0 Å². The maximum absolute atomic E-state index is 9.72. The van der Waals surface area contributed by atoms with E-state index in [2.05, 4.69) is 11.1 Å². The molecule has 2 aromatic carbocycles. The highest BCUT2D eigenvalue weighted by atomic mass is 16.5. The van der Waals surface area contributed by atoms with Crippen LogP contribution in [0.15, 0.2) is 53.1 Å². The number of benzene rings is 2. The molecular formula is C22H16N2O2. The van der Waals surface area contributed by atoms with Crippen LogP contribution in [-0.2, 0) is 0 Å². The molecule has 4 heteroatoms. The quantitative estimate of drug-likeness (QED) is 0.472. The number of hydrogen-bond acceptors (Lipinski definition) is 4. The van der Waals surface area contributed by atoms with Crippen molar-refractivity contribution in [2.75, 3.05) is 7.11 Å². The number of nitrogens with zero attached hydrogens (tertiary/aromatic N) is 2. The lowest BCUT2D eigenvalue weighted by molar-refractivity contribution is 0.418. The van der Waals surface area contributed by atoms with Crippen LogP contribution in [0.2, 0.25) is 0 Å². The smallest absolute Gasteiger partial charge is 0.227 e. The summed E-state index contributed by atoms with van der Waals surface area (Å²) in [6, 6.07) is 16.1. The first kappa shape index (κ1) is 15.9. The molecule has 0 aliphatic heterocycles. The van der Waals surface area contributed by atoms with Crippen LogP contribution in [0.4, 0.5) is 0 Å². The van der Waals surface area contributed by atoms with Crippen molar-refractivity contribution in [1.29, 1.82) is 5.26 Å². The molecule has 0 fully saturated rings. The second-order valence-electron chi connectivity index (χ2n) is 5.97. The Balaban J connectivity index is 2.06. The molecule has 0 atom stereocenters. The summed E-state index contributed by atoms with van der Waals surface area (Å²) < 4.78 is 11.6. The van der Waals surface area contributed by atoms with Gasteiger partial charge in [0.05, 0.1) is 23.4 Å². The van der Waals surface area contributed by atoms with Gasteiger partial charge in [0.15, 0.2) is 5.58 Å². The molecule has 0 radical (unpaired) electrons. The topological polar surface area (TPSA) is 59.0 Å². The van der Waals surface area contributed by atoms with Crippen LogP contribution >= 0.6 is 0 Å². The molecule has 2 aromatic heterocycles. The molecule has 126 valence electrons. The Labute approximate surface area is 151 Å². The molecule has 0 saturated heterocycles. The van der Waals surface area contributed by atoms with Crippen LogP contribution in [-0.4, -0.2) is 12.1 Å². The van der Waals surface area contributed by atoms with Crippen LogP contribution in [0, 0.1) is 18.3 Å². The average Bonchev–Trinajstić information content (AvgIpc) is 3.06. The molecule has 0 aliphatic rings. The zero-order valence-corrected chi connectivity index (χ0v) is 14.5. The van der Waals surface area contributed by atoms with E-state index in [1.807, 2.05) is 61.5 Å². The standard InChI is InChI=1S/C22H16N2O2/c1-14-16(11-10-15-7-4-3-5-8-15)20(25-2)19-17-9-6-12-24-22(17)26-21(19)18(14)13-23/h3-12H,1-2H3/b11-10+. The first-order valence-corrected chi connectivity index (χ1v) is 8.25. The normalized spacial score (nSPS) is 11.3. The maximum atomic E-state index is 9.72. The van der Waals surface area contributed by atoms with Gasteiger partial charge >= 0.3 is 0 Å². The summed E-state index contributed by atoms with van der Waals surface area (Å²) in [7, 11) is 1.63. The van der Waals surface area contributed by atoms with E-state index in [1.165, 1.54) is 0 Å². The third-order valence-corrected chi connectivity index (χ3v) is 4.50. The van der Waals surface area contributed by atoms with E-state index in [0.29, 0.717) is 22.6 Å². The van der Waals surface area contributed by atoms with Gasteiger partial charge in [0, 0.05) is 11.8 Å². The molecule has 4 aromatic rings. The lowest BCUT2D eigenvalue weighted by Gasteiger charge is -2.11. The van der Waals surface area contributed by atoms with Crippen LogP contribution < -0.4 is 4.74 Å². The zero-order chi connectivity index (χ0) is 18.1. The number of rotatable bonds is 3. The molecule has 0 bridgehead atoms. The molecule has 0 aliphatic carbocycles. The van der Waals surface area contributed by atoms with Crippen molar-refractivity contribution in [3.8, 4) is 11.8 Å². The fraction of sp³-hybridized carbons (Fsp3) is 0.0909. The summed E-state index contributed by atoms with van der Waals surface area (Å²) >= 11 is 0. The first-order valence-electron chi connectivity index (χ1n) is 8.25. The van der Waals surface area contributed by atoms with Crippen molar-refractivity contribution >= 4 is 34.2 Å². The Morgan fingerprint density at radius 2 is 1.92 bits per heavy atom. The first-order chi connectivity index (χ1) is 12.7. The number of fused-ring (bicyclic) bond motifs is 3. The molecule has 4 rings (SSSR count). The highest BCUT2D eigenvalue weighted by Gasteiger charge is 2.22. The summed E-state index contributed by atoms with van der Waals surface area (Å²) in [6.07, 6.45) is 5.67. The van der Waals surface area contributed by atoms with Crippen LogP contribution in [0.5, 0.6) is 5.75 Å². The summed E-state index contributed by atoms with van der Waals surface area (Å²) in [5.41, 5.74) is 4.29. The number of furan rings is 1. The maximum Gasteiger partial charge on any atom is 0.227 e. The Morgan fingerprint density at radius 3 is 2.65 bits per heavy atom. The number of hydrogen-bond donors (Lipinski definition) is 0. The van der Waals surface area contributed by atoms with Crippen molar-refractivity contribution in [1.82, 2.24) is 4.98 Å². The van der Waals surface area contributed by atoms with Crippen molar-refractivity contribution < 1.29 is 9.15 Å². The highest BCUT2D eigenvalue weighted by Crippen LogP contribution is 2.42. The monoisotopic (exact) mass is 340 g/mol. The van der Waals surface area contributed by atoms with Gasteiger partial charge in [-0.1, -0.05) is 42.5 Å². The third-order valence-electron chi connectivity index (χ3n) is 4.50. The van der Waals surface area contributed by atoms with Crippen LogP contribution in [0.25, 0.3) is 34.2 Å². The van der Waals surface area contributed by atoms with Crippen LogP contribution in [0.3, 0.4) is 0 Å². The van der Waals surface area contributed by atoms with Gasteiger partial charge in [-0.2, -0.15) is 5.26 Å². The molecule has 0 amide bonds. The van der Waals surface area contributed by atoms with Gasteiger partial charge in [0.1, 0.15) is 11.8 Å². The van der Waals surface area contributed by atoms with Gasteiger partial charge in [-0.3, -0.25) is 0 Å². The number of aromatic nitrogens is 1. The molecule has 26 heavy (non-hydrogen) atoms. The van der Waals surface area contributed by atoms with Gasteiger partial charge in [-0.15, -0.1) is 0 Å². The summed E-state index contributed by atoms with van der Waals surface area (Å²) in [5, 5.41) is 11.3. The summed E-state index contributed by atoms with van der Waals surface area (Å²) in [6.45, 7) is 1.91. The van der Waals surface area contributed by atoms with Crippen molar-refractivity contribution in [2.24, 2.45) is 0 Å². The van der Waals surface area contributed by atoms with E-state index in [0.717, 1.165) is 27.5 Å². The minimum Gasteiger partial charge on any atom is -0.495 e. The van der Waals surface area contributed by atoms with Gasteiger partial charge < -0.3 is 9.15 Å². The van der Waals surface area contributed by atoms with E-state index < -0.39 is 0 Å². The Morgan fingerprint density at radius 1 is 1.12 bits per heavy atom. The van der Waals surface area contributed by atoms with E-state index in [-0.39, 0.29) is 0 Å².